The number of allylic oxidation sites excluding steroid dienone is 2. The minimum Gasteiger partial charge on any atom is -0.494 e. The minimum atomic E-state index is -4.43. The molecule has 0 bridgehead atoms. The highest BCUT2D eigenvalue weighted by molar-refractivity contribution is 6.00. The molecule has 0 radical (unpaired) electrons. The topological polar surface area (TPSA) is 71.5 Å². The van der Waals surface area contributed by atoms with Crippen LogP contribution in [0.4, 0.5) is 18.9 Å². The Morgan fingerprint density at radius 2 is 1.71 bits per heavy atom. The van der Waals surface area contributed by atoms with Crippen molar-refractivity contribution >= 4 is 17.2 Å². The first-order valence-corrected chi connectivity index (χ1v) is 10.5. The molecular formula is C26H23F3N2O3. The fourth-order valence-electron chi connectivity index (χ4n) is 3.18. The Morgan fingerprint density at radius 1 is 1.06 bits per heavy atom. The summed E-state index contributed by atoms with van der Waals surface area (Å²) in [6.45, 7) is 2.10. The van der Waals surface area contributed by atoms with Crippen molar-refractivity contribution in [2.75, 3.05) is 11.9 Å². The molecule has 5 nitrogen and oxygen atoms in total. The highest BCUT2D eigenvalue weighted by Gasteiger charge is 2.30. The van der Waals surface area contributed by atoms with E-state index in [1.165, 1.54) is 36.7 Å². The number of amides is 1. The van der Waals surface area contributed by atoms with Crippen molar-refractivity contribution in [2.24, 2.45) is 0 Å². The summed E-state index contributed by atoms with van der Waals surface area (Å²) in [5.74, 6) is 0.237. The number of halogens is 3. The second-order valence-corrected chi connectivity index (χ2v) is 7.15. The van der Waals surface area contributed by atoms with Crippen molar-refractivity contribution < 1.29 is 27.8 Å². The molecule has 0 saturated heterocycles. The second-order valence-electron chi connectivity index (χ2n) is 7.15. The van der Waals surface area contributed by atoms with Crippen LogP contribution in [0.5, 0.6) is 5.75 Å². The Bertz CT molecular complexity index is 1170. The largest absolute Gasteiger partial charge is 0.494 e. The molecule has 0 aliphatic carbocycles. The maximum Gasteiger partial charge on any atom is 0.416 e. The van der Waals surface area contributed by atoms with Crippen molar-refractivity contribution in [2.45, 2.75) is 19.7 Å². The summed E-state index contributed by atoms with van der Waals surface area (Å²) in [6, 6.07) is 13.5. The standard InChI is InChI=1S/C26H23F3N2O3/c1-2-34-22-12-8-19(9-13-22)23(18-6-10-21(11-7-18)26(27,28)29)4-3-5-25(33)31-24-14-15-30-16-20(24)17-32/h3-16,32H,2,17H2,1H3,(H,30,31,33)/b5-3+,23-4+. The molecule has 0 fully saturated rings. The first-order valence-electron chi connectivity index (χ1n) is 10.5. The van der Waals surface area contributed by atoms with E-state index in [2.05, 4.69) is 10.3 Å². The number of benzene rings is 2. The van der Waals surface area contributed by atoms with E-state index in [0.29, 0.717) is 34.7 Å². The predicted molar refractivity (Wildman–Crippen MR) is 124 cm³/mol. The van der Waals surface area contributed by atoms with Gasteiger partial charge in [0.15, 0.2) is 0 Å². The fourth-order valence-corrected chi connectivity index (χ4v) is 3.18. The van der Waals surface area contributed by atoms with Gasteiger partial charge in [-0.2, -0.15) is 13.2 Å². The van der Waals surface area contributed by atoms with Crippen LogP contribution in [0.2, 0.25) is 0 Å². The summed E-state index contributed by atoms with van der Waals surface area (Å²) in [7, 11) is 0. The second kappa shape index (κ2) is 11.3. The zero-order chi connectivity index (χ0) is 24.6. The number of nitrogens with zero attached hydrogens (tertiary/aromatic N) is 1. The number of aliphatic hydroxyl groups excluding tert-OH is 1. The molecule has 0 spiro atoms. The lowest BCUT2D eigenvalue weighted by atomic mass is 9.96. The van der Waals surface area contributed by atoms with E-state index in [9.17, 15) is 23.1 Å². The predicted octanol–water partition coefficient (Wildman–Crippen LogP) is 5.62. The summed E-state index contributed by atoms with van der Waals surface area (Å²) in [5.41, 5.74) is 2.09. The van der Waals surface area contributed by atoms with Gasteiger partial charge < -0.3 is 15.2 Å². The van der Waals surface area contributed by atoms with Gasteiger partial charge in [-0.15, -0.1) is 0 Å². The smallest absolute Gasteiger partial charge is 0.416 e. The number of carbonyl (C=O) groups is 1. The Morgan fingerprint density at radius 3 is 2.29 bits per heavy atom. The number of hydrogen-bond donors (Lipinski definition) is 2. The van der Waals surface area contributed by atoms with Crippen LogP contribution in [-0.2, 0) is 17.6 Å². The van der Waals surface area contributed by atoms with Crippen LogP contribution in [0.1, 0.15) is 29.2 Å². The van der Waals surface area contributed by atoms with Gasteiger partial charge in [0.1, 0.15) is 5.75 Å². The van der Waals surface area contributed by atoms with Crippen LogP contribution in [0.25, 0.3) is 5.57 Å². The molecule has 2 N–H and O–H groups in total. The molecular weight excluding hydrogens is 445 g/mol. The molecule has 3 rings (SSSR count). The van der Waals surface area contributed by atoms with E-state index in [-0.39, 0.29) is 6.61 Å². The third-order valence-electron chi connectivity index (χ3n) is 4.84. The van der Waals surface area contributed by atoms with E-state index < -0.39 is 17.6 Å². The molecule has 0 saturated carbocycles. The van der Waals surface area contributed by atoms with Gasteiger partial charge in [0.2, 0.25) is 5.91 Å². The van der Waals surface area contributed by atoms with Gasteiger partial charge in [-0.3, -0.25) is 9.78 Å². The van der Waals surface area contributed by atoms with Gasteiger partial charge in [0.05, 0.1) is 18.8 Å². The Balaban J connectivity index is 1.88. The van der Waals surface area contributed by atoms with E-state index in [0.717, 1.165) is 17.7 Å². The number of ether oxygens (including phenoxy) is 1. The lowest BCUT2D eigenvalue weighted by Crippen LogP contribution is -2.10. The maximum absolute atomic E-state index is 13.0. The molecule has 176 valence electrons. The van der Waals surface area contributed by atoms with E-state index in [4.69, 9.17) is 4.74 Å². The summed E-state index contributed by atoms with van der Waals surface area (Å²) in [5, 5.41) is 12.0. The van der Waals surface area contributed by atoms with Gasteiger partial charge in [-0.05, 0) is 54.0 Å². The van der Waals surface area contributed by atoms with Crippen molar-refractivity contribution in [3.63, 3.8) is 0 Å². The van der Waals surface area contributed by atoms with Crippen molar-refractivity contribution in [3.8, 4) is 5.75 Å². The molecule has 0 unspecified atom stereocenters. The molecule has 1 heterocycles. The monoisotopic (exact) mass is 468 g/mol. The zero-order valence-corrected chi connectivity index (χ0v) is 18.3. The average molecular weight is 468 g/mol. The number of aliphatic hydroxyl groups is 1. The summed E-state index contributed by atoms with van der Waals surface area (Å²) in [6.07, 6.45) is 2.97. The molecule has 0 atom stereocenters. The molecule has 34 heavy (non-hydrogen) atoms. The van der Waals surface area contributed by atoms with Crippen molar-refractivity contribution in [3.05, 3.63) is 107 Å². The van der Waals surface area contributed by atoms with E-state index >= 15 is 0 Å². The number of aromatic nitrogens is 1. The van der Waals surface area contributed by atoms with Crippen LogP contribution in [-0.4, -0.2) is 22.6 Å². The summed E-state index contributed by atoms with van der Waals surface area (Å²) < 4.78 is 44.4. The number of carbonyl (C=O) groups excluding carboxylic acids is 1. The molecule has 3 aromatic rings. The lowest BCUT2D eigenvalue weighted by Gasteiger charge is -2.12. The molecule has 2 aromatic carbocycles. The minimum absolute atomic E-state index is 0.275. The van der Waals surface area contributed by atoms with Gasteiger partial charge in [0.25, 0.3) is 0 Å². The van der Waals surface area contributed by atoms with Crippen LogP contribution in [0.15, 0.2) is 85.2 Å². The molecule has 8 heteroatoms. The van der Waals surface area contributed by atoms with Crippen molar-refractivity contribution in [1.29, 1.82) is 0 Å². The number of hydrogen-bond acceptors (Lipinski definition) is 4. The number of pyridine rings is 1. The molecule has 1 amide bonds. The highest BCUT2D eigenvalue weighted by atomic mass is 19.4. The SMILES string of the molecule is CCOc1ccc(/C(=C/C=C/C(=O)Nc2ccncc2CO)c2ccc(C(F)(F)F)cc2)cc1. The number of nitrogens with one attached hydrogen (secondary N) is 1. The van der Waals surface area contributed by atoms with Gasteiger partial charge in [-0.25, -0.2) is 0 Å². The molecule has 0 aliphatic rings. The van der Waals surface area contributed by atoms with E-state index in [1.807, 2.05) is 6.92 Å². The summed E-state index contributed by atoms with van der Waals surface area (Å²) in [4.78, 5) is 16.2. The first-order chi connectivity index (χ1) is 16.3. The number of alkyl halides is 3. The number of anilines is 1. The zero-order valence-electron chi connectivity index (χ0n) is 18.3. The Labute approximate surface area is 195 Å². The van der Waals surface area contributed by atoms with Gasteiger partial charge >= 0.3 is 6.18 Å². The van der Waals surface area contributed by atoms with Crippen molar-refractivity contribution in [1.82, 2.24) is 4.98 Å². The van der Waals surface area contributed by atoms with Gasteiger partial charge in [-0.1, -0.05) is 36.4 Å². The van der Waals surface area contributed by atoms with Gasteiger partial charge in [0, 0.05) is 29.7 Å². The average Bonchev–Trinajstić information content (AvgIpc) is 2.83. The number of rotatable bonds is 8. The fraction of sp³-hybridized carbons (Fsp3) is 0.154. The highest BCUT2D eigenvalue weighted by Crippen LogP contribution is 2.32. The third kappa shape index (κ3) is 6.55. The third-order valence-corrected chi connectivity index (χ3v) is 4.84. The van der Waals surface area contributed by atoms with Crippen LogP contribution >= 0.6 is 0 Å². The van der Waals surface area contributed by atoms with Crippen LogP contribution in [0.3, 0.4) is 0 Å². The molecule has 0 aliphatic heterocycles. The quantitative estimate of drug-likeness (QED) is 0.333. The maximum atomic E-state index is 13.0. The van der Waals surface area contributed by atoms with Crippen LogP contribution in [0, 0.1) is 0 Å². The first kappa shape index (κ1) is 24.7. The normalized spacial score (nSPS) is 12.1. The van der Waals surface area contributed by atoms with Crippen LogP contribution < -0.4 is 10.1 Å². The molecule has 1 aromatic heterocycles. The summed E-state index contributed by atoms with van der Waals surface area (Å²) >= 11 is 0. The lowest BCUT2D eigenvalue weighted by molar-refractivity contribution is -0.137. The van der Waals surface area contributed by atoms with E-state index in [1.54, 1.807) is 36.4 Å². The Hall–Kier alpha value is -3.91. The Kier molecular flexibility index (Phi) is 8.21.